The molecule has 1 unspecified atom stereocenters. The minimum absolute atomic E-state index is 0. The van der Waals surface area contributed by atoms with E-state index >= 15 is 0 Å². The van der Waals surface area contributed by atoms with Crippen molar-refractivity contribution >= 4 is 18.3 Å². The van der Waals surface area contributed by atoms with Crippen LogP contribution in [-0.4, -0.2) is 49.2 Å². The number of carbonyl (C=O) groups excluding carboxylic acids is 1. The van der Waals surface area contributed by atoms with E-state index in [1.54, 1.807) is 0 Å². The quantitative estimate of drug-likeness (QED) is 0.805. The number of piperidine rings is 1. The third kappa shape index (κ3) is 7.59. The Morgan fingerprint density at radius 1 is 1.37 bits per heavy atom. The lowest BCUT2D eigenvalue weighted by molar-refractivity contribution is -0.139. The van der Waals surface area contributed by atoms with Crippen LogP contribution >= 0.6 is 12.4 Å². The SMILES string of the molecule is Cl.NCCC1CCCCN1CC(=O)NCC(F)(F)F. The highest BCUT2D eigenvalue weighted by molar-refractivity contribution is 5.85. The summed E-state index contributed by atoms with van der Waals surface area (Å²) in [6.07, 6.45) is -0.538. The van der Waals surface area contributed by atoms with Crippen LogP contribution < -0.4 is 11.1 Å². The molecule has 19 heavy (non-hydrogen) atoms. The van der Waals surface area contributed by atoms with Crippen molar-refractivity contribution in [2.24, 2.45) is 5.73 Å². The van der Waals surface area contributed by atoms with Crippen molar-refractivity contribution < 1.29 is 18.0 Å². The molecule has 1 saturated heterocycles. The Bertz CT molecular complexity index is 274. The van der Waals surface area contributed by atoms with Gasteiger partial charge in [0.15, 0.2) is 0 Å². The van der Waals surface area contributed by atoms with E-state index in [1.165, 1.54) is 0 Å². The third-order valence-electron chi connectivity index (χ3n) is 3.08. The maximum atomic E-state index is 11.9. The number of likely N-dealkylation sites (tertiary alicyclic amines) is 1. The molecule has 1 aliphatic rings. The average molecular weight is 304 g/mol. The Hall–Kier alpha value is -0.530. The Labute approximate surface area is 117 Å². The van der Waals surface area contributed by atoms with Gasteiger partial charge in [-0.1, -0.05) is 6.42 Å². The zero-order valence-electron chi connectivity index (χ0n) is 10.7. The molecule has 0 bridgehead atoms. The van der Waals surface area contributed by atoms with Crippen LogP contribution in [-0.2, 0) is 4.79 Å². The molecule has 114 valence electrons. The van der Waals surface area contributed by atoms with Crippen molar-refractivity contribution in [3.8, 4) is 0 Å². The van der Waals surface area contributed by atoms with Crippen LogP contribution in [0.1, 0.15) is 25.7 Å². The average Bonchev–Trinajstić information content (AvgIpc) is 2.29. The number of hydrogen-bond donors (Lipinski definition) is 2. The van der Waals surface area contributed by atoms with Crippen LogP contribution in [0.2, 0.25) is 0 Å². The van der Waals surface area contributed by atoms with Gasteiger partial charge in [0, 0.05) is 6.04 Å². The second kappa shape index (κ2) is 8.60. The lowest BCUT2D eigenvalue weighted by Gasteiger charge is -2.35. The summed E-state index contributed by atoms with van der Waals surface area (Å²) < 4.78 is 35.8. The number of rotatable bonds is 5. The van der Waals surface area contributed by atoms with Gasteiger partial charge in [0.1, 0.15) is 6.54 Å². The summed E-state index contributed by atoms with van der Waals surface area (Å²) in [5, 5.41) is 1.90. The molecular formula is C11H21ClF3N3O. The topological polar surface area (TPSA) is 58.4 Å². The summed E-state index contributed by atoms with van der Waals surface area (Å²) in [4.78, 5) is 13.4. The smallest absolute Gasteiger partial charge is 0.346 e. The molecule has 1 aliphatic heterocycles. The van der Waals surface area contributed by atoms with Gasteiger partial charge in [0.25, 0.3) is 0 Å². The van der Waals surface area contributed by atoms with Crippen LogP contribution in [0.5, 0.6) is 0 Å². The molecule has 3 N–H and O–H groups in total. The van der Waals surface area contributed by atoms with E-state index < -0.39 is 18.6 Å². The molecule has 0 aromatic heterocycles. The number of halogens is 4. The van der Waals surface area contributed by atoms with E-state index in [1.807, 2.05) is 10.2 Å². The Kier molecular flexibility index (Phi) is 8.36. The summed E-state index contributed by atoms with van der Waals surface area (Å²) >= 11 is 0. The molecule has 1 fully saturated rings. The van der Waals surface area contributed by atoms with Crippen molar-refractivity contribution in [2.75, 3.05) is 26.2 Å². The van der Waals surface area contributed by atoms with Crippen LogP contribution in [0.15, 0.2) is 0 Å². The van der Waals surface area contributed by atoms with Crippen molar-refractivity contribution in [2.45, 2.75) is 37.9 Å². The molecule has 1 heterocycles. The molecule has 1 rings (SSSR count). The van der Waals surface area contributed by atoms with E-state index in [4.69, 9.17) is 5.73 Å². The van der Waals surface area contributed by atoms with Crippen molar-refractivity contribution in [1.82, 2.24) is 10.2 Å². The molecule has 1 atom stereocenters. The predicted octanol–water partition coefficient (Wildman–Crippen LogP) is 1.29. The molecule has 0 aromatic rings. The minimum Gasteiger partial charge on any atom is -0.346 e. The second-order valence-electron chi connectivity index (χ2n) is 4.59. The maximum Gasteiger partial charge on any atom is 0.405 e. The lowest BCUT2D eigenvalue weighted by Crippen LogP contribution is -2.47. The summed E-state index contributed by atoms with van der Waals surface area (Å²) in [5.74, 6) is -0.573. The van der Waals surface area contributed by atoms with Gasteiger partial charge in [-0.15, -0.1) is 12.4 Å². The molecular weight excluding hydrogens is 283 g/mol. The summed E-state index contributed by atoms with van der Waals surface area (Å²) in [6, 6.07) is 0.223. The number of nitrogens with zero attached hydrogens (tertiary/aromatic N) is 1. The molecule has 4 nitrogen and oxygen atoms in total. The number of hydrogen-bond acceptors (Lipinski definition) is 3. The van der Waals surface area contributed by atoms with Crippen LogP contribution in [0.25, 0.3) is 0 Å². The van der Waals surface area contributed by atoms with Crippen molar-refractivity contribution in [3.05, 3.63) is 0 Å². The van der Waals surface area contributed by atoms with Gasteiger partial charge in [0.2, 0.25) is 5.91 Å². The van der Waals surface area contributed by atoms with E-state index in [-0.39, 0.29) is 25.0 Å². The van der Waals surface area contributed by atoms with Crippen molar-refractivity contribution in [1.29, 1.82) is 0 Å². The standard InChI is InChI=1S/C11H20F3N3O.ClH/c12-11(13,14)8-16-10(18)7-17-6-2-1-3-9(17)4-5-15;/h9H,1-8,15H2,(H,16,18);1H. The third-order valence-corrected chi connectivity index (χ3v) is 3.08. The molecule has 0 aromatic carbocycles. The molecule has 8 heteroatoms. The fourth-order valence-corrected chi connectivity index (χ4v) is 2.23. The molecule has 0 radical (unpaired) electrons. The molecule has 0 aliphatic carbocycles. The van der Waals surface area contributed by atoms with E-state index in [9.17, 15) is 18.0 Å². The van der Waals surface area contributed by atoms with Gasteiger partial charge in [-0.25, -0.2) is 0 Å². The van der Waals surface area contributed by atoms with E-state index in [2.05, 4.69) is 0 Å². The fourth-order valence-electron chi connectivity index (χ4n) is 2.23. The Balaban J connectivity index is 0.00000324. The largest absolute Gasteiger partial charge is 0.405 e. The first-order valence-electron chi connectivity index (χ1n) is 6.20. The van der Waals surface area contributed by atoms with Gasteiger partial charge >= 0.3 is 6.18 Å². The van der Waals surface area contributed by atoms with Gasteiger partial charge in [-0.2, -0.15) is 13.2 Å². The number of amides is 1. The molecule has 1 amide bonds. The number of nitrogens with one attached hydrogen (secondary N) is 1. The molecule has 0 saturated carbocycles. The lowest BCUT2D eigenvalue weighted by atomic mass is 9.99. The second-order valence-corrected chi connectivity index (χ2v) is 4.59. The summed E-state index contributed by atoms with van der Waals surface area (Å²) in [6.45, 7) is 0.0530. The van der Waals surface area contributed by atoms with Crippen LogP contribution in [0.4, 0.5) is 13.2 Å². The van der Waals surface area contributed by atoms with Gasteiger partial charge < -0.3 is 11.1 Å². The van der Waals surface area contributed by atoms with Crippen LogP contribution in [0.3, 0.4) is 0 Å². The first kappa shape index (κ1) is 18.5. The highest BCUT2D eigenvalue weighted by Crippen LogP contribution is 2.18. The number of carbonyl (C=O) groups is 1. The number of nitrogens with two attached hydrogens (primary N) is 1. The fraction of sp³-hybridized carbons (Fsp3) is 0.909. The summed E-state index contributed by atoms with van der Waals surface area (Å²) in [7, 11) is 0. The van der Waals surface area contributed by atoms with E-state index in [0.29, 0.717) is 6.54 Å². The highest BCUT2D eigenvalue weighted by atomic mass is 35.5. The van der Waals surface area contributed by atoms with Gasteiger partial charge in [-0.05, 0) is 32.4 Å². The van der Waals surface area contributed by atoms with Gasteiger partial charge in [0.05, 0.1) is 6.54 Å². The Morgan fingerprint density at radius 3 is 2.63 bits per heavy atom. The highest BCUT2D eigenvalue weighted by Gasteiger charge is 2.29. The van der Waals surface area contributed by atoms with Gasteiger partial charge in [-0.3, -0.25) is 9.69 Å². The molecule has 0 spiro atoms. The van der Waals surface area contributed by atoms with E-state index in [0.717, 1.165) is 32.2 Å². The minimum atomic E-state index is -4.35. The predicted molar refractivity (Wildman–Crippen MR) is 69.2 cm³/mol. The first-order chi connectivity index (χ1) is 8.42. The maximum absolute atomic E-state index is 11.9. The first-order valence-corrected chi connectivity index (χ1v) is 6.20. The zero-order valence-corrected chi connectivity index (χ0v) is 11.5. The monoisotopic (exact) mass is 303 g/mol. The van der Waals surface area contributed by atoms with Crippen LogP contribution in [0, 0.1) is 0 Å². The normalized spacial score (nSPS) is 20.7. The zero-order chi connectivity index (χ0) is 13.6. The van der Waals surface area contributed by atoms with Crippen molar-refractivity contribution in [3.63, 3.8) is 0 Å². The Morgan fingerprint density at radius 2 is 2.05 bits per heavy atom. The number of alkyl halides is 3. The summed E-state index contributed by atoms with van der Waals surface area (Å²) in [5.41, 5.74) is 5.49.